The van der Waals surface area contributed by atoms with Gasteiger partial charge in [-0.05, 0) is 50.5 Å². The standard InChI is InChI=1S/C26H32N4O3/c1-3-15-27-23(31)18-29-19-30(22-7-5-4-6-8-22)26(25(29)33)13-16-28(17-14-26)24(32)21-11-9-20(2)10-12-21/h4-12H,3,13-19H2,1-2H3,(H,27,31). The molecule has 0 aliphatic carbocycles. The average Bonchev–Trinajstić information content (AvgIpc) is 3.10. The van der Waals surface area contributed by atoms with Gasteiger partial charge in [0.05, 0.1) is 6.67 Å². The maximum absolute atomic E-state index is 13.7. The number of likely N-dealkylation sites (tertiary alicyclic amines) is 1. The van der Waals surface area contributed by atoms with Crippen molar-refractivity contribution in [2.75, 3.05) is 37.7 Å². The Kier molecular flexibility index (Phi) is 6.67. The van der Waals surface area contributed by atoms with Crippen LogP contribution in [0.25, 0.3) is 0 Å². The van der Waals surface area contributed by atoms with Crippen molar-refractivity contribution in [2.24, 2.45) is 0 Å². The lowest BCUT2D eigenvalue weighted by atomic mass is 9.85. The molecular formula is C26H32N4O3. The molecule has 1 N–H and O–H groups in total. The molecule has 33 heavy (non-hydrogen) atoms. The van der Waals surface area contributed by atoms with Gasteiger partial charge in [-0.3, -0.25) is 14.4 Å². The molecule has 2 heterocycles. The number of rotatable bonds is 6. The fourth-order valence-electron chi connectivity index (χ4n) is 4.77. The third-order valence-corrected chi connectivity index (χ3v) is 6.66. The van der Waals surface area contributed by atoms with E-state index in [9.17, 15) is 14.4 Å². The number of carbonyl (C=O) groups is 3. The van der Waals surface area contributed by atoms with E-state index in [-0.39, 0.29) is 24.3 Å². The molecule has 2 aliphatic heterocycles. The predicted octanol–water partition coefficient (Wildman–Crippen LogP) is 2.80. The summed E-state index contributed by atoms with van der Waals surface area (Å²) in [6, 6.07) is 17.5. The summed E-state index contributed by atoms with van der Waals surface area (Å²) in [7, 11) is 0. The van der Waals surface area contributed by atoms with E-state index in [4.69, 9.17) is 0 Å². The van der Waals surface area contributed by atoms with E-state index < -0.39 is 5.54 Å². The molecule has 2 aliphatic rings. The Morgan fingerprint density at radius 3 is 2.30 bits per heavy atom. The second-order valence-electron chi connectivity index (χ2n) is 8.95. The maximum atomic E-state index is 13.7. The van der Waals surface area contributed by atoms with Crippen molar-refractivity contribution in [3.63, 3.8) is 0 Å². The number of hydrogen-bond acceptors (Lipinski definition) is 4. The Morgan fingerprint density at radius 1 is 1.00 bits per heavy atom. The molecular weight excluding hydrogens is 416 g/mol. The molecule has 7 nitrogen and oxygen atoms in total. The second-order valence-corrected chi connectivity index (χ2v) is 8.95. The predicted molar refractivity (Wildman–Crippen MR) is 128 cm³/mol. The van der Waals surface area contributed by atoms with Gasteiger partial charge in [0.25, 0.3) is 11.8 Å². The fourth-order valence-corrected chi connectivity index (χ4v) is 4.77. The second kappa shape index (κ2) is 9.65. The third kappa shape index (κ3) is 4.58. The van der Waals surface area contributed by atoms with Crippen LogP contribution in [0.15, 0.2) is 54.6 Å². The molecule has 0 bridgehead atoms. The first-order chi connectivity index (χ1) is 15.9. The zero-order valence-corrected chi connectivity index (χ0v) is 19.4. The van der Waals surface area contributed by atoms with Crippen molar-refractivity contribution in [3.05, 3.63) is 65.7 Å². The van der Waals surface area contributed by atoms with Crippen LogP contribution in [0, 0.1) is 6.92 Å². The summed E-state index contributed by atoms with van der Waals surface area (Å²) in [5.41, 5.74) is 2.00. The molecule has 0 aromatic heterocycles. The minimum Gasteiger partial charge on any atom is -0.355 e. The number of anilines is 1. The van der Waals surface area contributed by atoms with Gasteiger partial charge in [0.2, 0.25) is 5.91 Å². The summed E-state index contributed by atoms with van der Waals surface area (Å²) in [5, 5.41) is 2.87. The smallest absolute Gasteiger partial charge is 0.253 e. The van der Waals surface area contributed by atoms with Crippen LogP contribution in [0.4, 0.5) is 5.69 Å². The van der Waals surface area contributed by atoms with Crippen LogP contribution in [0.2, 0.25) is 0 Å². The van der Waals surface area contributed by atoms with Gasteiger partial charge in [0.1, 0.15) is 12.1 Å². The number of carbonyl (C=O) groups excluding carboxylic acids is 3. The molecule has 0 unspecified atom stereocenters. The van der Waals surface area contributed by atoms with E-state index in [1.807, 2.05) is 73.3 Å². The van der Waals surface area contributed by atoms with Gasteiger partial charge in [0, 0.05) is 30.9 Å². The quantitative estimate of drug-likeness (QED) is 0.738. The van der Waals surface area contributed by atoms with E-state index in [2.05, 4.69) is 10.2 Å². The highest BCUT2D eigenvalue weighted by Gasteiger charge is 2.54. The lowest BCUT2D eigenvalue weighted by molar-refractivity contribution is -0.137. The highest BCUT2D eigenvalue weighted by molar-refractivity contribution is 5.97. The number of hydrogen-bond donors (Lipinski definition) is 1. The van der Waals surface area contributed by atoms with Crippen molar-refractivity contribution in [1.29, 1.82) is 0 Å². The summed E-state index contributed by atoms with van der Waals surface area (Å²) in [6.07, 6.45) is 1.92. The van der Waals surface area contributed by atoms with Crippen LogP contribution in [-0.2, 0) is 9.59 Å². The van der Waals surface area contributed by atoms with E-state index in [1.54, 1.807) is 4.90 Å². The zero-order valence-electron chi connectivity index (χ0n) is 19.4. The number of amides is 3. The normalized spacial score (nSPS) is 17.5. The highest BCUT2D eigenvalue weighted by Crippen LogP contribution is 2.39. The van der Waals surface area contributed by atoms with Crippen LogP contribution in [-0.4, -0.2) is 65.9 Å². The minimum absolute atomic E-state index is 0.00245. The lowest BCUT2D eigenvalue weighted by Crippen LogP contribution is -2.57. The van der Waals surface area contributed by atoms with Crippen molar-refractivity contribution in [1.82, 2.24) is 15.1 Å². The van der Waals surface area contributed by atoms with Crippen molar-refractivity contribution < 1.29 is 14.4 Å². The van der Waals surface area contributed by atoms with Gasteiger partial charge < -0.3 is 20.0 Å². The lowest BCUT2D eigenvalue weighted by Gasteiger charge is -2.43. The van der Waals surface area contributed by atoms with Gasteiger partial charge in [-0.15, -0.1) is 0 Å². The summed E-state index contributed by atoms with van der Waals surface area (Å²) in [5.74, 6) is -0.167. The van der Waals surface area contributed by atoms with E-state index in [0.717, 1.165) is 17.7 Å². The Labute approximate surface area is 195 Å². The van der Waals surface area contributed by atoms with Crippen molar-refractivity contribution in [3.8, 4) is 0 Å². The first kappa shape index (κ1) is 22.8. The number of piperidine rings is 1. The van der Waals surface area contributed by atoms with E-state index in [1.165, 1.54) is 0 Å². The van der Waals surface area contributed by atoms with Crippen molar-refractivity contribution >= 4 is 23.4 Å². The average molecular weight is 449 g/mol. The number of benzene rings is 2. The highest BCUT2D eigenvalue weighted by atomic mass is 16.2. The van der Waals surface area contributed by atoms with Crippen LogP contribution in [0.3, 0.4) is 0 Å². The van der Waals surface area contributed by atoms with Gasteiger partial charge in [-0.2, -0.15) is 0 Å². The number of aryl methyl sites for hydroxylation is 1. The fraction of sp³-hybridized carbons (Fsp3) is 0.423. The topological polar surface area (TPSA) is 73.0 Å². The van der Waals surface area contributed by atoms with Crippen LogP contribution in [0.1, 0.15) is 42.1 Å². The van der Waals surface area contributed by atoms with E-state index >= 15 is 0 Å². The molecule has 2 aromatic rings. The molecule has 2 saturated heterocycles. The Hall–Kier alpha value is -3.35. The molecule has 1 spiro atoms. The first-order valence-electron chi connectivity index (χ1n) is 11.7. The molecule has 4 rings (SSSR count). The largest absolute Gasteiger partial charge is 0.355 e. The SMILES string of the molecule is CCCNC(=O)CN1CN(c2ccccc2)C2(CCN(C(=O)c3ccc(C)cc3)CC2)C1=O. The minimum atomic E-state index is -0.740. The number of nitrogens with one attached hydrogen (secondary N) is 1. The van der Waals surface area contributed by atoms with Gasteiger partial charge in [-0.1, -0.05) is 42.8 Å². The summed E-state index contributed by atoms with van der Waals surface area (Å²) < 4.78 is 0. The van der Waals surface area contributed by atoms with Gasteiger partial charge in [0.15, 0.2) is 0 Å². The van der Waals surface area contributed by atoms with Crippen LogP contribution in [0.5, 0.6) is 0 Å². The molecule has 174 valence electrons. The maximum Gasteiger partial charge on any atom is 0.253 e. The Bertz CT molecular complexity index is 998. The van der Waals surface area contributed by atoms with E-state index in [0.29, 0.717) is 44.7 Å². The Balaban J connectivity index is 1.53. The summed E-state index contributed by atoms with van der Waals surface area (Å²) >= 11 is 0. The Morgan fingerprint density at radius 2 is 1.67 bits per heavy atom. The monoisotopic (exact) mass is 448 g/mol. The number of para-hydroxylation sites is 1. The summed E-state index contributed by atoms with van der Waals surface area (Å²) in [4.78, 5) is 44.7. The molecule has 0 saturated carbocycles. The molecule has 2 fully saturated rings. The molecule has 7 heteroatoms. The summed E-state index contributed by atoms with van der Waals surface area (Å²) in [6.45, 7) is 6.01. The van der Waals surface area contributed by atoms with Crippen molar-refractivity contribution in [2.45, 2.75) is 38.6 Å². The molecule has 3 amide bonds. The number of nitrogens with zero attached hydrogens (tertiary/aromatic N) is 3. The molecule has 0 radical (unpaired) electrons. The molecule has 2 aromatic carbocycles. The van der Waals surface area contributed by atoms with Gasteiger partial charge in [-0.25, -0.2) is 0 Å². The van der Waals surface area contributed by atoms with Crippen LogP contribution < -0.4 is 10.2 Å². The van der Waals surface area contributed by atoms with Gasteiger partial charge >= 0.3 is 0 Å². The zero-order chi connectivity index (χ0) is 23.4. The third-order valence-electron chi connectivity index (χ3n) is 6.66. The first-order valence-corrected chi connectivity index (χ1v) is 11.7. The van der Waals surface area contributed by atoms with Crippen LogP contribution >= 0.6 is 0 Å². The molecule has 0 atom stereocenters.